The molecule has 0 aliphatic carbocycles. The number of halogens is 2. The minimum absolute atomic E-state index is 0.140. The molecule has 0 amide bonds. The van der Waals surface area contributed by atoms with E-state index in [1.807, 2.05) is 0 Å². The predicted octanol–water partition coefficient (Wildman–Crippen LogP) is 2.19. The van der Waals surface area contributed by atoms with E-state index in [0.717, 1.165) is 12.8 Å². The van der Waals surface area contributed by atoms with Crippen molar-refractivity contribution in [2.24, 2.45) is 17.6 Å². The van der Waals surface area contributed by atoms with Crippen LogP contribution in [0.3, 0.4) is 0 Å². The lowest BCUT2D eigenvalue weighted by molar-refractivity contribution is 0.0972. The molecule has 0 rings (SSSR count). The van der Waals surface area contributed by atoms with E-state index in [9.17, 15) is 8.78 Å². The first-order valence-electron chi connectivity index (χ1n) is 5.62. The normalized spacial score (nSPS) is 14.2. The lowest BCUT2D eigenvalue weighted by atomic mass is 9.94. The molecule has 0 fully saturated rings. The molecule has 92 valence electrons. The number of nitrogens with two attached hydrogens (primary N) is 1. The van der Waals surface area contributed by atoms with Gasteiger partial charge in [-0.25, -0.2) is 8.78 Å². The minimum Gasteiger partial charge on any atom is -0.330 e. The molecule has 1 unspecified atom stereocenters. The quantitative estimate of drug-likeness (QED) is 0.682. The maximum absolute atomic E-state index is 12.0. The zero-order valence-corrected chi connectivity index (χ0v) is 10.0. The Kier molecular flexibility index (Phi) is 7.88. The summed E-state index contributed by atoms with van der Waals surface area (Å²) in [5, 5.41) is 0. The van der Waals surface area contributed by atoms with Gasteiger partial charge in [0.2, 0.25) is 0 Å². The van der Waals surface area contributed by atoms with Gasteiger partial charge in [0.05, 0.1) is 6.54 Å². The number of rotatable bonds is 8. The molecule has 4 heteroatoms. The van der Waals surface area contributed by atoms with Crippen LogP contribution in [0.2, 0.25) is 0 Å². The van der Waals surface area contributed by atoms with Crippen LogP contribution in [0.1, 0.15) is 26.7 Å². The fourth-order valence-electron chi connectivity index (χ4n) is 1.73. The van der Waals surface area contributed by atoms with Crippen molar-refractivity contribution in [1.29, 1.82) is 0 Å². The van der Waals surface area contributed by atoms with E-state index in [2.05, 4.69) is 13.8 Å². The number of alkyl halides is 2. The SMILES string of the molecule is CC(C)CC(CN)CCN(C)CC(F)F. The van der Waals surface area contributed by atoms with Gasteiger partial charge < -0.3 is 10.6 Å². The van der Waals surface area contributed by atoms with Gasteiger partial charge in [-0.05, 0) is 44.8 Å². The number of hydrogen-bond donors (Lipinski definition) is 1. The first-order valence-corrected chi connectivity index (χ1v) is 5.62. The predicted molar refractivity (Wildman–Crippen MR) is 60.1 cm³/mol. The van der Waals surface area contributed by atoms with Gasteiger partial charge in [-0.15, -0.1) is 0 Å². The molecule has 0 saturated heterocycles. The summed E-state index contributed by atoms with van der Waals surface area (Å²) >= 11 is 0. The van der Waals surface area contributed by atoms with E-state index >= 15 is 0 Å². The molecule has 0 heterocycles. The van der Waals surface area contributed by atoms with Crippen LogP contribution in [-0.4, -0.2) is 38.0 Å². The van der Waals surface area contributed by atoms with Crippen molar-refractivity contribution < 1.29 is 8.78 Å². The van der Waals surface area contributed by atoms with Gasteiger partial charge in [-0.2, -0.15) is 0 Å². The molecule has 2 nitrogen and oxygen atoms in total. The summed E-state index contributed by atoms with van der Waals surface area (Å²) < 4.78 is 24.1. The average Bonchev–Trinajstić information content (AvgIpc) is 2.10. The summed E-state index contributed by atoms with van der Waals surface area (Å²) in [5.74, 6) is 1.09. The summed E-state index contributed by atoms with van der Waals surface area (Å²) in [5.41, 5.74) is 5.64. The molecule has 0 bridgehead atoms. The lowest BCUT2D eigenvalue weighted by Crippen LogP contribution is -2.29. The molecule has 0 aromatic rings. The first-order chi connectivity index (χ1) is 6.95. The smallest absolute Gasteiger partial charge is 0.251 e. The highest BCUT2D eigenvalue weighted by Gasteiger charge is 2.12. The number of nitrogens with zero attached hydrogens (tertiary/aromatic N) is 1. The van der Waals surface area contributed by atoms with E-state index in [1.165, 1.54) is 0 Å². The maximum Gasteiger partial charge on any atom is 0.251 e. The second-order valence-electron chi connectivity index (χ2n) is 4.67. The third kappa shape index (κ3) is 8.75. The first kappa shape index (κ1) is 14.8. The second kappa shape index (κ2) is 7.99. The standard InChI is InChI=1S/C11H24F2N2/c1-9(2)6-10(7-14)4-5-15(3)8-11(12)13/h9-11H,4-8,14H2,1-3H3. The molecule has 0 aromatic heterocycles. The Balaban J connectivity index is 3.69. The average molecular weight is 222 g/mol. The summed E-state index contributed by atoms with van der Waals surface area (Å²) in [6.07, 6.45) is -0.242. The van der Waals surface area contributed by atoms with Crippen LogP contribution >= 0.6 is 0 Å². The molecule has 0 radical (unpaired) electrons. The van der Waals surface area contributed by atoms with Gasteiger partial charge in [-0.1, -0.05) is 13.8 Å². The van der Waals surface area contributed by atoms with Gasteiger partial charge in [-0.3, -0.25) is 0 Å². The third-order valence-electron chi connectivity index (χ3n) is 2.51. The van der Waals surface area contributed by atoms with E-state index in [1.54, 1.807) is 11.9 Å². The molecule has 0 aromatic carbocycles. The minimum atomic E-state index is -2.24. The van der Waals surface area contributed by atoms with Gasteiger partial charge >= 0.3 is 0 Å². The Morgan fingerprint density at radius 2 is 1.87 bits per heavy atom. The van der Waals surface area contributed by atoms with Crippen molar-refractivity contribution in [3.8, 4) is 0 Å². The molecular weight excluding hydrogens is 198 g/mol. The van der Waals surface area contributed by atoms with Crippen LogP contribution in [0.25, 0.3) is 0 Å². The van der Waals surface area contributed by atoms with Gasteiger partial charge in [0, 0.05) is 0 Å². The van der Waals surface area contributed by atoms with E-state index < -0.39 is 6.43 Å². The monoisotopic (exact) mass is 222 g/mol. The highest BCUT2D eigenvalue weighted by Crippen LogP contribution is 2.14. The molecule has 0 saturated carbocycles. The summed E-state index contributed by atoms with van der Waals surface area (Å²) in [4.78, 5) is 1.67. The van der Waals surface area contributed by atoms with Crippen LogP contribution in [0, 0.1) is 11.8 Å². The van der Waals surface area contributed by atoms with Crippen molar-refractivity contribution in [2.75, 3.05) is 26.7 Å². The van der Waals surface area contributed by atoms with Gasteiger partial charge in [0.25, 0.3) is 6.43 Å². The fourth-order valence-corrected chi connectivity index (χ4v) is 1.73. The van der Waals surface area contributed by atoms with Crippen molar-refractivity contribution >= 4 is 0 Å². The highest BCUT2D eigenvalue weighted by atomic mass is 19.3. The third-order valence-corrected chi connectivity index (χ3v) is 2.51. The Morgan fingerprint density at radius 3 is 2.27 bits per heavy atom. The Bertz CT molecular complexity index is 152. The van der Waals surface area contributed by atoms with Crippen molar-refractivity contribution in [3.63, 3.8) is 0 Å². The largest absolute Gasteiger partial charge is 0.330 e. The summed E-state index contributed by atoms with van der Waals surface area (Å²) in [6, 6.07) is 0. The molecule has 15 heavy (non-hydrogen) atoms. The van der Waals surface area contributed by atoms with Crippen LogP contribution < -0.4 is 5.73 Å². The molecule has 0 spiro atoms. The van der Waals surface area contributed by atoms with Crippen molar-refractivity contribution in [1.82, 2.24) is 4.90 Å². The Morgan fingerprint density at radius 1 is 1.27 bits per heavy atom. The van der Waals surface area contributed by atoms with Gasteiger partial charge in [0.1, 0.15) is 0 Å². The molecule has 1 atom stereocenters. The van der Waals surface area contributed by atoms with Crippen molar-refractivity contribution in [3.05, 3.63) is 0 Å². The molecular formula is C11H24F2N2. The van der Waals surface area contributed by atoms with E-state index in [0.29, 0.717) is 24.9 Å². The Labute approximate surface area is 91.8 Å². The van der Waals surface area contributed by atoms with Crippen LogP contribution in [-0.2, 0) is 0 Å². The van der Waals surface area contributed by atoms with Crippen LogP contribution in [0.5, 0.6) is 0 Å². The fraction of sp³-hybridized carbons (Fsp3) is 1.00. The summed E-state index contributed by atoms with van der Waals surface area (Å²) in [6.45, 7) is 5.54. The van der Waals surface area contributed by atoms with E-state index in [4.69, 9.17) is 5.73 Å². The number of hydrogen-bond acceptors (Lipinski definition) is 2. The van der Waals surface area contributed by atoms with Crippen molar-refractivity contribution in [2.45, 2.75) is 33.1 Å². The van der Waals surface area contributed by atoms with E-state index in [-0.39, 0.29) is 6.54 Å². The van der Waals surface area contributed by atoms with Crippen LogP contribution in [0.15, 0.2) is 0 Å². The lowest BCUT2D eigenvalue weighted by Gasteiger charge is -2.21. The highest BCUT2D eigenvalue weighted by molar-refractivity contribution is 4.65. The van der Waals surface area contributed by atoms with Crippen LogP contribution in [0.4, 0.5) is 8.78 Å². The van der Waals surface area contributed by atoms with Gasteiger partial charge in [0.15, 0.2) is 0 Å². The maximum atomic E-state index is 12.0. The second-order valence-corrected chi connectivity index (χ2v) is 4.67. The molecule has 0 aliphatic rings. The zero-order valence-electron chi connectivity index (χ0n) is 10.0. The summed E-state index contributed by atoms with van der Waals surface area (Å²) in [7, 11) is 1.73. The molecule has 0 aliphatic heterocycles. The zero-order chi connectivity index (χ0) is 11.8. The topological polar surface area (TPSA) is 29.3 Å². The molecule has 2 N–H and O–H groups in total. The Hall–Kier alpha value is -0.220.